The van der Waals surface area contributed by atoms with Gasteiger partial charge in [-0.3, -0.25) is 4.79 Å². The van der Waals surface area contributed by atoms with Crippen LogP contribution in [-0.2, 0) is 11.2 Å². The largest absolute Gasteiger partial charge is 0.394 e. The third-order valence-corrected chi connectivity index (χ3v) is 3.53. The molecule has 4 heteroatoms. The second-order valence-electron chi connectivity index (χ2n) is 4.60. The number of carbonyl (C=O) groups excluding carboxylic acids is 1. The van der Waals surface area contributed by atoms with Crippen LogP contribution in [-0.4, -0.2) is 29.7 Å². The maximum absolute atomic E-state index is 11.1. The Morgan fingerprint density at radius 2 is 2.29 bits per heavy atom. The quantitative estimate of drug-likeness (QED) is 0.694. The number of hydrogen-bond donors (Lipinski definition) is 3. The number of hydrogen-bond acceptors (Lipinski definition) is 3. The number of amides is 1. The Kier molecular flexibility index (Phi) is 3.45. The first-order chi connectivity index (χ1) is 8.13. The summed E-state index contributed by atoms with van der Waals surface area (Å²) >= 11 is 0. The highest BCUT2D eigenvalue weighted by Gasteiger charge is 2.31. The van der Waals surface area contributed by atoms with Crippen LogP contribution in [0.25, 0.3) is 0 Å². The first-order valence-corrected chi connectivity index (χ1v) is 5.87. The SMILES string of the molecule is CC1c2ccccc2CC1N[C@H](CO)C(N)=O. The van der Waals surface area contributed by atoms with E-state index in [0.29, 0.717) is 5.92 Å². The highest BCUT2D eigenvalue weighted by atomic mass is 16.3. The molecule has 0 saturated heterocycles. The van der Waals surface area contributed by atoms with E-state index in [0.717, 1.165) is 6.42 Å². The first kappa shape index (κ1) is 12.1. The molecule has 1 amide bonds. The van der Waals surface area contributed by atoms with E-state index in [1.165, 1.54) is 11.1 Å². The normalized spacial score (nSPS) is 24.4. The van der Waals surface area contributed by atoms with Crippen molar-refractivity contribution >= 4 is 5.91 Å². The Labute approximate surface area is 101 Å². The van der Waals surface area contributed by atoms with Crippen LogP contribution in [0, 0.1) is 0 Å². The number of fused-ring (bicyclic) bond motifs is 1. The number of benzene rings is 1. The van der Waals surface area contributed by atoms with Crippen molar-refractivity contribution in [1.29, 1.82) is 0 Å². The Morgan fingerprint density at radius 1 is 1.59 bits per heavy atom. The van der Waals surface area contributed by atoms with Gasteiger partial charge >= 0.3 is 0 Å². The highest BCUT2D eigenvalue weighted by molar-refractivity contribution is 5.80. The van der Waals surface area contributed by atoms with Gasteiger partial charge in [-0.25, -0.2) is 0 Å². The molecule has 0 bridgehead atoms. The van der Waals surface area contributed by atoms with Crippen molar-refractivity contribution in [3.63, 3.8) is 0 Å². The molecular weight excluding hydrogens is 216 g/mol. The summed E-state index contributed by atoms with van der Waals surface area (Å²) in [5.74, 6) is -0.171. The summed E-state index contributed by atoms with van der Waals surface area (Å²) in [6.45, 7) is 1.87. The average molecular weight is 234 g/mol. The van der Waals surface area contributed by atoms with Crippen LogP contribution < -0.4 is 11.1 Å². The highest BCUT2D eigenvalue weighted by Crippen LogP contribution is 2.32. The lowest BCUT2D eigenvalue weighted by Gasteiger charge is -2.22. The van der Waals surface area contributed by atoms with E-state index >= 15 is 0 Å². The zero-order chi connectivity index (χ0) is 12.4. The van der Waals surface area contributed by atoms with Crippen LogP contribution in [0.2, 0.25) is 0 Å². The van der Waals surface area contributed by atoms with Crippen molar-refractivity contribution in [3.8, 4) is 0 Å². The third-order valence-electron chi connectivity index (χ3n) is 3.53. The minimum absolute atomic E-state index is 0.164. The maximum atomic E-state index is 11.1. The third kappa shape index (κ3) is 2.33. The molecule has 2 rings (SSSR count). The zero-order valence-corrected chi connectivity index (χ0v) is 9.89. The van der Waals surface area contributed by atoms with E-state index in [2.05, 4.69) is 24.4 Å². The van der Waals surface area contributed by atoms with Crippen molar-refractivity contribution in [2.75, 3.05) is 6.61 Å². The molecule has 1 aliphatic rings. The predicted octanol–water partition coefficient (Wildman–Crippen LogP) is 0.151. The lowest BCUT2D eigenvalue weighted by Crippen LogP contribution is -2.49. The summed E-state index contributed by atoms with van der Waals surface area (Å²) in [5, 5.41) is 12.2. The molecule has 0 fully saturated rings. The topological polar surface area (TPSA) is 75.3 Å². The number of rotatable bonds is 4. The molecule has 1 aliphatic carbocycles. The Hall–Kier alpha value is -1.39. The molecule has 0 saturated carbocycles. The van der Waals surface area contributed by atoms with Gasteiger partial charge in [0.05, 0.1) is 6.61 Å². The van der Waals surface area contributed by atoms with E-state index in [1.54, 1.807) is 0 Å². The number of nitrogens with two attached hydrogens (primary N) is 1. The molecule has 0 heterocycles. The lowest BCUT2D eigenvalue weighted by atomic mass is 10.0. The van der Waals surface area contributed by atoms with Gasteiger partial charge in [-0.2, -0.15) is 0 Å². The molecule has 0 aliphatic heterocycles. The second kappa shape index (κ2) is 4.85. The van der Waals surface area contributed by atoms with Gasteiger partial charge in [0.15, 0.2) is 0 Å². The summed E-state index contributed by atoms with van der Waals surface area (Å²) in [7, 11) is 0. The molecule has 17 heavy (non-hydrogen) atoms. The van der Waals surface area contributed by atoms with Gasteiger partial charge in [0, 0.05) is 6.04 Å². The van der Waals surface area contributed by atoms with Gasteiger partial charge in [-0.15, -0.1) is 0 Å². The number of aliphatic hydroxyl groups excluding tert-OH is 1. The molecule has 3 atom stereocenters. The summed E-state index contributed by atoms with van der Waals surface area (Å²) < 4.78 is 0. The smallest absolute Gasteiger partial charge is 0.236 e. The predicted molar refractivity (Wildman–Crippen MR) is 65.6 cm³/mol. The molecule has 2 unspecified atom stereocenters. The van der Waals surface area contributed by atoms with Crippen molar-refractivity contribution in [1.82, 2.24) is 5.32 Å². The Balaban J connectivity index is 2.09. The summed E-state index contributed by atoms with van der Waals surface area (Å²) in [5.41, 5.74) is 7.83. The minimum Gasteiger partial charge on any atom is -0.394 e. The van der Waals surface area contributed by atoms with Crippen LogP contribution in [0.4, 0.5) is 0 Å². The van der Waals surface area contributed by atoms with E-state index in [4.69, 9.17) is 10.8 Å². The van der Waals surface area contributed by atoms with Crippen molar-refractivity contribution in [2.45, 2.75) is 31.3 Å². The van der Waals surface area contributed by atoms with Crippen LogP contribution in [0.5, 0.6) is 0 Å². The van der Waals surface area contributed by atoms with Gasteiger partial charge in [-0.05, 0) is 23.5 Å². The van der Waals surface area contributed by atoms with Crippen LogP contribution in [0.1, 0.15) is 24.0 Å². The Bertz CT molecular complexity index is 420. The van der Waals surface area contributed by atoms with Gasteiger partial charge in [0.25, 0.3) is 0 Å². The molecule has 4 nitrogen and oxygen atoms in total. The van der Waals surface area contributed by atoms with E-state index in [1.807, 2.05) is 12.1 Å². The molecule has 1 aromatic rings. The fourth-order valence-corrected chi connectivity index (χ4v) is 2.48. The van der Waals surface area contributed by atoms with Crippen molar-refractivity contribution in [3.05, 3.63) is 35.4 Å². The van der Waals surface area contributed by atoms with E-state index in [9.17, 15) is 4.79 Å². The maximum Gasteiger partial charge on any atom is 0.236 e. The van der Waals surface area contributed by atoms with Crippen molar-refractivity contribution < 1.29 is 9.90 Å². The molecule has 92 valence electrons. The monoisotopic (exact) mass is 234 g/mol. The van der Waals surface area contributed by atoms with Gasteiger partial charge in [-0.1, -0.05) is 31.2 Å². The van der Waals surface area contributed by atoms with E-state index < -0.39 is 11.9 Å². The van der Waals surface area contributed by atoms with E-state index in [-0.39, 0.29) is 12.6 Å². The standard InChI is InChI=1S/C13H18N2O2/c1-8-10-5-3-2-4-9(10)6-11(8)15-12(7-16)13(14)17/h2-5,8,11-12,15-16H,6-7H2,1H3,(H2,14,17)/t8?,11?,12-/m1/s1. The molecular formula is C13H18N2O2. The molecule has 0 spiro atoms. The zero-order valence-electron chi connectivity index (χ0n) is 9.89. The first-order valence-electron chi connectivity index (χ1n) is 5.87. The van der Waals surface area contributed by atoms with Gasteiger partial charge in [0.2, 0.25) is 5.91 Å². The minimum atomic E-state index is -0.656. The summed E-state index contributed by atoms with van der Waals surface area (Å²) in [6.07, 6.45) is 0.876. The molecule has 1 aromatic carbocycles. The molecule has 0 aromatic heterocycles. The molecule has 0 radical (unpaired) electrons. The second-order valence-corrected chi connectivity index (χ2v) is 4.60. The number of nitrogens with one attached hydrogen (secondary N) is 1. The van der Waals surface area contributed by atoms with Crippen LogP contribution >= 0.6 is 0 Å². The Morgan fingerprint density at radius 3 is 2.88 bits per heavy atom. The van der Waals surface area contributed by atoms with Gasteiger partial charge < -0.3 is 16.2 Å². The number of primary amides is 1. The lowest BCUT2D eigenvalue weighted by molar-refractivity contribution is -0.121. The van der Waals surface area contributed by atoms with Gasteiger partial charge in [0.1, 0.15) is 6.04 Å². The molecule has 4 N–H and O–H groups in total. The van der Waals surface area contributed by atoms with Crippen LogP contribution in [0.3, 0.4) is 0 Å². The fourth-order valence-electron chi connectivity index (χ4n) is 2.48. The summed E-state index contributed by atoms with van der Waals surface area (Å²) in [4.78, 5) is 11.1. The number of carbonyl (C=O) groups is 1. The average Bonchev–Trinajstić information content (AvgIpc) is 2.63. The fraction of sp³-hybridized carbons (Fsp3) is 0.462. The van der Waals surface area contributed by atoms with Crippen LogP contribution in [0.15, 0.2) is 24.3 Å². The van der Waals surface area contributed by atoms with Crippen molar-refractivity contribution in [2.24, 2.45) is 5.73 Å². The summed E-state index contributed by atoms with van der Waals surface area (Å²) in [6, 6.07) is 7.76. The number of aliphatic hydroxyl groups is 1.